The lowest BCUT2D eigenvalue weighted by atomic mass is 9.97. The maximum atomic E-state index is 12.6. The van der Waals surface area contributed by atoms with Gasteiger partial charge < -0.3 is 20.1 Å². The van der Waals surface area contributed by atoms with E-state index in [2.05, 4.69) is 5.32 Å². The molecule has 26 heavy (non-hydrogen) atoms. The molecule has 0 bridgehead atoms. The van der Waals surface area contributed by atoms with E-state index in [0.29, 0.717) is 10.8 Å². The van der Waals surface area contributed by atoms with Crippen LogP contribution < -0.4 is 10.1 Å². The molecule has 6 nitrogen and oxygen atoms in total. The summed E-state index contributed by atoms with van der Waals surface area (Å²) in [7, 11) is 3.10. The number of rotatable bonds is 7. The second kappa shape index (κ2) is 9.10. The molecule has 2 amide bonds. The highest BCUT2D eigenvalue weighted by molar-refractivity contribution is 6.31. The number of carbonyl (C=O) groups excluding carboxylic acids is 1. The van der Waals surface area contributed by atoms with E-state index in [9.17, 15) is 9.59 Å². The van der Waals surface area contributed by atoms with Crippen LogP contribution in [0.3, 0.4) is 0 Å². The molecule has 2 aromatic rings. The lowest BCUT2D eigenvalue weighted by molar-refractivity contribution is -0.137. The minimum absolute atomic E-state index is 0.0995. The predicted octanol–water partition coefficient (Wildman–Crippen LogP) is 3.55. The SMILES string of the molecule is COc1ccccc1C(NC(=O)N(C)CCC(=O)O)c1ccccc1Cl. The van der Waals surface area contributed by atoms with E-state index in [4.69, 9.17) is 21.4 Å². The number of methoxy groups -OCH3 is 1. The van der Waals surface area contributed by atoms with Crippen LogP contribution in [0.4, 0.5) is 4.79 Å². The number of halogens is 1. The number of carbonyl (C=O) groups is 2. The fraction of sp³-hybridized carbons (Fsp3) is 0.263. The van der Waals surface area contributed by atoms with Crippen LogP contribution in [0.15, 0.2) is 48.5 Å². The van der Waals surface area contributed by atoms with Gasteiger partial charge in [-0.2, -0.15) is 0 Å². The van der Waals surface area contributed by atoms with E-state index in [1.807, 2.05) is 36.4 Å². The largest absolute Gasteiger partial charge is 0.496 e. The number of nitrogens with zero attached hydrogens (tertiary/aromatic N) is 1. The van der Waals surface area contributed by atoms with Gasteiger partial charge in [0.15, 0.2) is 0 Å². The summed E-state index contributed by atoms with van der Waals surface area (Å²) in [4.78, 5) is 24.6. The maximum Gasteiger partial charge on any atom is 0.317 e. The zero-order chi connectivity index (χ0) is 19.1. The van der Waals surface area contributed by atoms with E-state index in [1.165, 1.54) is 4.90 Å². The van der Waals surface area contributed by atoms with Crippen molar-refractivity contribution in [3.8, 4) is 5.75 Å². The van der Waals surface area contributed by atoms with Crippen molar-refractivity contribution < 1.29 is 19.4 Å². The Morgan fingerprint density at radius 3 is 2.38 bits per heavy atom. The molecular weight excluding hydrogens is 356 g/mol. The highest BCUT2D eigenvalue weighted by Crippen LogP contribution is 2.33. The fourth-order valence-electron chi connectivity index (χ4n) is 2.54. The Kier molecular flexibility index (Phi) is 6.86. The smallest absolute Gasteiger partial charge is 0.317 e. The number of para-hydroxylation sites is 1. The number of urea groups is 1. The van der Waals surface area contributed by atoms with Crippen LogP contribution in [0.2, 0.25) is 5.02 Å². The minimum Gasteiger partial charge on any atom is -0.496 e. The third kappa shape index (κ3) is 4.89. The van der Waals surface area contributed by atoms with Gasteiger partial charge in [0.2, 0.25) is 0 Å². The first-order valence-corrected chi connectivity index (χ1v) is 8.42. The predicted molar refractivity (Wildman–Crippen MR) is 99.7 cm³/mol. The first-order valence-electron chi connectivity index (χ1n) is 8.04. The van der Waals surface area contributed by atoms with Crippen LogP contribution in [-0.4, -0.2) is 42.7 Å². The summed E-state index contributed by atoms with van der Waals surface area (Å²) >= 11 is 6.35. The van der Waals surface area contributed by atoms with Crippen molar-refractivity contribution in [2.45, 2.75) is 12.5 Å². The summed E-state index contributed by atoms with van der Waals surface area (Å²) in [6, 6.07) is 13.6. The van der Waals surface area contributed by atoms with E-state index in [-0.39, 0.29) is 13.0 Å². The van der Waals surface area contributed by atoms with Crippen LogP contribution in [0, 0.1) is 0 Å². The molecule has 1 atom stereocenters. The number of amides is 2. The normalized spacial score (nSPS) is 11.5. The van der Waals surface area contributed by atoms with Crippen molar-refractivity contribution >= 4 is 23.6 Å². The van der Waals surface area contributed by atoms with Crippen molar-refractivity contribution in [2.75, 3.05) is 20.7 Å². The lowest BCUT2D eigenvalue weighted by Gasteiger charge is -2.26. The average Bonchev–Trinajstić information content (AvgIpc) is 2.64. The average molecular weight is 377 g/mol. The number of ether oxygens (including phenoxy) is 1. The maximum absolute atomic E-state index is 12.6. The molecule has 0 spiro atoms. The Hall–Kier alpha value is -2.73. The van der Waals surface area contributed by atoms with Crippen molar-refractivity contribution in [1.29, 1.82) is 0 Å². The van der Waals surface area contributed by atoms with Crippen molar-refractivity contribution in [2.24, 2.45) is 0 Å². The summed E-state index contributed by atoms with van der Waals surface area (Å²) < 4.78 is 5.42. The van der Waals surface area contributed by atoms with Gasteiger partial charge >= 0.3 is 12.0 Å². The van der Waals surface area contributed by atoms with Gasteiger partial charge in [0, 0.05) is 24.2 Å². The Balaban J connectivity index is 2.34. The molecule has 2 N–H and O–H groups in total. The van der Waals surface area contributed by atoms with Crippen molar-refractivity contribution in [1.82, 2.24) is 10.2 Å². The molecule has 0 aromatic heterocycles. The molecule has 7 heteroatoms. The van der Waals surface area contributed by atoms with Crippen LogP contribution in [-0.2, 0) is 4.79 Å². The summed E-state index contributed by atoms with van der Waals surface area (Å²) in [6.07, 6.45) is -0.130. The first-order chi connectivity index (χ1) is 12.4. The summed E-state index contributed by atoms with van der Waals surface area (Å²) in [5.74, 6) is -0.344. The zero-order valence-electron chi connectivity index (χ0n) is 14.6. The number of carboxylic acid groups (broad SMARTS) is 1. The molecule has 0 radical (unpaired) electrons. The van der Waals surface area contributed by atoms with Gasteiger partial charge in [-0.1, -0.05) is 48.0 Å². The Morgan fingerprint density at radius 1 is 1.15 bits per heavy atom. The second-order valence-electron chi connectivity index (χ2n) is 5.71. The van der Waals surface area contributed by atoms with Crippen LogP contribution in [0.5, 0.6) is 5.75 Å². The first kappa shape index (κ1) is 19.6. The number of hydrogen-bond acceptors (Lipinski definition) is 3. The van der Waals surface area contributed by atoms with Gasteiger partial charge in [-0.3, -0.25) is 4.79 Å². The molecular formula is C19H21ClN2O4. The van der Waals surface area contributed by atoms with E-state index < -0.39 is 18.0 Å². The molecule has 0 fully saturated rings. The fourth-order valence-corrected chi connectivity index (χ4v) is 2.78. The summed E-state index contributed by atoms with van der Waals surface area (Å²) in [5.41, 5.74) is 1.47. The third-order valence-corrected chi connectivity index (χ3v) is 4.29. The van der Waals surface area contributed by atoms with Crippen molar-refractivity contribution in [3.63, 3.8) is 0 Å². The van der Waals surface area contributed by atoms with Gasteiger partial charge in [-0.15, -0.1) is 0 Å². The molecule has 1 unspecified atom stereocenters. The number of nitrogens with one attached hydrogen (secondary N) is 1. The third-order valence-electron chi connectivity index (χ3n) is 3.94. The second-order valence-corrected chi connectivity index (χ2v) is 6.12. The zero-order valence-corrected chi connectivity index (χ0v) is 15.4. The van der Waals surface area contributed by atoms with Gasteiger partial charge in [-0.25, -0.2) is 4.79 Å². The number of hydrogen-bond donors (Lipinski definition) is 2. The quantitative estimate of drug-likeness (QED) is 0.774. The summed E-state index contributed by atoms with van der Waals surface area (Å²) in [6.45, 7) is 0.0995. The highest BCUT2D eigenvalue weighted by atomic mass is 35.5. The van der Waals surface area contributed by atoms with Crippen LogP contribution in [0.25, 0.3) is 0 Å². The lowest BCUT2D eigenvalue weighted by Crippen LogP contribution is -2.40. The van der Waals surface area contributed by atoms with Gasteiger partial charge in [0.1, 0.15) is 5.75 Å². The standard InChI is InChI=1S/C19H21ClN2O4/c1-22(12-11-17(23)24)19(25)21-18(13-7-3-5-9-15(13)20)14-8-4-6-10-16(14)26-2/h3-10,18H,11-12H2,1-2H3,(H,21,25)(H,23,24). The molecule has 0 saturated carbocycles. The van der Waals surface area contributed by atoms with Crippen molar-refractivity contribution in [3.05, 3.63) is 64.7 Å². The number of benzene rings is 2. The monoisotopic (exact) mass is 376 g/mol. The van der Waals surface area contributed by atoms with E-state index in [1.54, 1.807) is 26.3 Å². The topological polar surface area (TPSA) is 78.9 Å². The van der Waals surface area contributed by atoms with E-state index in [0.717, 1.165) is 11.1 Å². The Bertz CT molecular complexity index is 782. The number of carboxylic acids is 1. The minimum atomic E-state index is -0.961. The molecule has 0 aliphatic rings. The molecule has 138 valence electrons. The molecule has 0 saturated heterocycles. The highest BCUT2D eigenvalue weighted by Gasteiger charge is 2.23. The molecule has 2 aromatic carbocycles. The number of aliphatic carboxylic acids is 1. The molecule has 0 aliphatic heterocycles. The molecule has 0 heterocycles. The van der Waals surface area contributed by atoms with Gasteiger partial charge in [-0.05, 0) is 17.7 Å². The Morgan fingerprint density at radius 2 is 1.77 bits per heavy atom. The molecule has 2 rings (SSSR count). The summed E-state index contributed by atoms with van der Waals surface area (Å²) in [5, 5.41) is 12.2. The van der Waals surface area contributed by atoms with E-state index >= 15 is 0 Å². The van der Waals surface area contributed by atoms with Gasteiger partial charge in [0.05, 0.1) is 19.6 Å². The Labute approximate surface area is 157 Å². The van der Waals surface area contributed by atoms with Gasteiger partial charge in [0.25, 0.3) is 0 Å². The molecule has 0 aliphatic carbocycles. The van der Waals surface area contributed by atoms with Crippen LogP contribution >= 0.6 is 11.6 Å². The van der Waals surface area contributed by atoms with Crippen LogP contribution in [0.1, 0.15) is 23.6 Å².